The van der Waals surface area contributed by atoms with E-state index in [0.717, 1.165) is 83.5 Å². The first-order valence-electron chi connectivity index (χ1n) is 27.1. The van der Waals surface area contributed by atoms with E-state index in [0.29, 0.717) is 28.2 Å². The van der Waals surface area contributed by atoms with Gasteiger partial charge in [-0.3, -0.25) is 9.55 Å². The van der Waals surface area contributed by atoms with Crippen LogP contribution in [0.25, 0.3) is 95.0 Å². The number of phenols is 1. The van der Waals surface area contributed by atoms with Crippen molar-refractivity contribution in [3.8, 4) is 89.7 Å². The molecule has 0 atom stereocenters. The Morgan fingerprint density at radius 1 is 0.562 bits per heavy atom. The number of fused-ring (bicyclic) bond motifs is 1. The molecule has 4 nitrogen and oxygen atoms in total. The molecule has 0 radical (unpaired) electrons. The second-order valence-electron chi connectivity index (χ2n) is 20.9. The van der Waals surface area contributed by atoms with Crippen molar-refractivity contribution in [2.24, 2.45) is 0 Å². The van der Waals surface area contributed by atoms with Crippen LogP contribution in [0.15, 0.2) is 182 Å². The van der Waals surface area contributed by atoms with Gasteiger partial charge in [0.15, 0.2) is 0 Å². The monoisotopic (exact) mass is 1140 g/mol. The topological polar surface area (TPSA) is 50.9 Å². The fourth-order valence-corrected chi connectivity index (χ4v) is 9.78. The van der Waals surface area contributed by atoms with Gasteiger partial charge in [0.05, 0.1) is 22.3 Å². The normalized spacial score (nSPS) is 12.9. The molecule has 0 saturated carbocycles. The zero-order valence-electron chi connectivity index (χ0n) is 47.1. The van der Waals surface area contributed by atoms with Crippen LogP contribution in [0, 0.1) is 12.9 Å². The Balaban J connectivity index is 0.00000722. The predicted octanol–water partition coefficient (Wildman–Crippen LogP) is 18.6. The maximum Gasteiger partial charge on any atom is 0.148 e. The Morgan fingerprint density at radius 3 is 1.85 bits per heavy atom. The van der Waals surface area contributed by atoms with Crippen LogP contribution in [0.5, 0.6) is 5.75 Å². The number of aryl methyl sites for hydroxylation is 1. The van der Waals surface area contributed by atoms with Crippen molar-refractivity contribution in [1.29, 1.82) is 0 Å². The maximum absolute atomic E-state index is 12.6. The molecule has 0 amide bonds. The molecular weight excluding hydrogens is 1070 g/mol. The van der Waals surface area contributed by atoms with Crippen molar-refractivity contribution in [2.75, 3.05) is 0 Å². The van der Waals surface area contributed by atoms with Gasteiger partial charge in [-0.2, -0.15) is 0 Å². The second-order valence-corrected chi connectivity index (χ2v) is 20.9. The van der Waals surface area contributed by atoms with Crippen LogP contribution in [0.4, 0.5) is 0 Å². The van der Waals surface area contributed by atoms with E-state index in [1.807, 2.05) is 117 Å². The van der Waals surface area contributed by atoms with Gasteiger partial charge in [0.2, 0.25) is 0 Å². The molecule has 1 N–H and O–H groups in total. The summed E-state index contributed by atoms with van der Waals surface area (Å²) >= 11 is 0. The minimum atomic E-state index is -2.50. The van der Waals surface area contributed by atoms with Crippen molar-refractivity contribution in [3.05, 3.63) is 216 Å². The summed E-state index contributed by atoms with van der Waals surface area (Å²) in [4.78, 5) is 10.6. The summed E-state index contributed by atoms with van der Waals surface area (Å²) in [5, 5.41) is 12.6. The molecule has 0 unspecified atom stereocenters. The van der Waals surface area contributed by atoms with E-state index < -0.39 is 12.7 Å². The van der Waals surface area contributed by atoms with Crippen molar-refractivity contribution in [1.82, 2.24) is 14.5 Å². The van der Waals surface area contributed by atoms with Crippen LogP contribution < -0.4 is 0 Å². The predicted molar refractivity (Wildman–Crippen MR) is 303 cm³/mol. The molecule has 0 aliphatic rings. The minimum Gasteiger partial charge on any atom is -0.507 e. The fourth-order valence-electron chi connectivity index (χ4n) is 9.78. The first-order valence-corrected chi connectivity index (χ1v) is 25.1. The number of aromatic nitrogens is 3. The van der Waals surface area contributed by atoms with E-state index in [9.17, 15) is 5.11 Å². The van der Waals surface area contributed by atoms with Crippen molar-refractivity contribution >= 4 is 11.0 Å². The number of imidazole rings is 1. The SMILES string of the molecule is [2H]C([2H])([2H])c1cc(-n2c(-c3cc(C(C)C)cc(C(C)C)c3O)nc3c(-c4[c-]c(-c5cc(-c6ccc(C([2H])(C)C)cc6)ccn5)cc(-c5ccccc5)c4)cccc32)c(-c2ccc(C(C)(C)C)cc2)cc1-c1ccccc1.[Pt]. The second kappa shape index (κ2) is 20.8. The van der Waals surface area contributed by atoms with Crippen LogP contribution in [-0.4, -0.2) is 19.6 Å². The first-order chi connectivity index (χ1) is 36.1. The summed E-state index contributed by atoms with van der Waals surface area (Å²) in [5.41, 5.74) is 16.9. The van der Waals surface area contributed by atoms with Gasteiger partial charge in [0.25, 0.3) is 0 Å². The van der Waals surface area contributed by atoms with Gasteiger partial charge >= 0.3 is 0 Å². The number of nitrogens with zero attached hydrogens (tertiary/aromatic N) is 3. The van der Waals surface area contributed by atoms with Gasteiger partial charge in [-0.15, -0.1) is 23.8 Å². The molecule has 2 aromatic heterocycles. The van der Waals surface area contributed by atoms with E-state index in [1.165, 1.54) is 5.56 Å². The van der Waals surface area contributed by atoms with Crippen molar-refractivity contribution in [3.63, 3.8) is 0 Å². The van der Waals surface area contributed by atoms with Crippen LogP contribution in [-0.2, 0) is 26.5 Å². The molecule has 0 bridgehead atoms. The van der Waals surface area contributed by atoms with Crippen LogP contribution in [0.2, 0.25) is 0 Å². The van der Waals surface area contributed by atoms with Gasteiger partial charge in [-0.1, -0.05) is 212 Å². The summed E-state index contributed by atoms with van der Waals surface area (Å²) in [6.07, 6.45) is 1.83. The molecule has 73 heavy (non-hydrogen) atoms. The van der Waals surface area contributed by atoms with E-state index in [4.69, 9.17) is 15.5 Å². The zero-order chi connectivity index (χ0) is 53.8. The van der Waals surface area contributed by atoms with E-state index in [-0.39, 0.29) is 49.6 Å². The third kappa shape index (κ3) is 10.2. The van der Waals surface area contributed by atoms with E-state index in [1.54, 1.807) is 0 Å². The van der Waals surface area contributed by atoms with Gasteiger partial charge in [-0.25, -0.2) is 4.98 Å². The molecule has 0 spiro atoms. The Morgan fingerprint density at radius 2 is 1.21 bits per heavy atom. The molecule has 5 heteroatoms. The van der Waals surface area contributed by atoms with Crippen molar-refractivity contribution < 1.29 is 31.7 Å². The molecule has 0 saturated heterocycles. The minimum absolute atomic E-state index is 0. The van der Waals surface area contributed by atoms with Gasteiger partial charge in [0.1, 0.15) is 11.6 Å². The van der Waals surface area contributed by atoms with Crippen LogP contribution >= 0.6 is 0 Å². The number of phenolic OH excluding ortho intramolecular Hbond substituents is 1. The number of hydrogen-bond donors (Lipinski definition) is 1. The molecular formula is C68H64N3OPt-. The number of aromatic hydroxyl groups is 1. The average Bonchev–Trinajstić information content (AvgIpc) is 3.87. The number of benzene rings is 8. The van der Waals surface area contributed by atoms with E-state index in [2.05, 4.69) is 138 Å². The summed E-state index contributed by atoms with van der Waals surface area (Å²) in [7, 11) is 0. The van der Waals surface area contributed by atoms with Gasteiger partial charge < -0.3 is 5.11 Å². The third-order valence-electron chi connectivity index (χ3n) is 14.0. The third-order valence-corrected chi connectivity index (χ3v) is 14.0. The van der Waals surface area contributed by atoms with Gasteiger partial charge in [0, 0.05) is 44.0 Å². The largest absolute Gasteiger partial charge is 0.507 e. The molecule has 368 valence electrons. The molecule has 2 heterocycles. The Labute approximate surface area is 452 Å². The Kier molecular flexibility index (Phi) is 13.0. The quantitative estimate of drug-likeness (QED) is 0.131. The summed E-state index contributed by atoms with van der Waals surface area (Å²) in [5.74, 6) is 0.0220. The molecule has 10 rings (SSSR count). The summed E-state index contributed by atoms with van der Waals surface area (Å²) in [6, 6.07) is 63.1. The average molecular weight is 1140 g/mol. The molecule has 0 aliphatic heterocycles. The molecule has 8 aromatic carbocycles. The number of hydrogen-bond acceptors (Lipinski definition) is 3. The first kappa shape index (κ1) is 45.7. The Bertz CT molecular complexity index is 3760. The number of para-hydroxylation sites is 1. The summed E-state index contributed by atoms with van der Waals surface area (Å²) < 4.78 is 37.9. The van der Waals surface area contributed by atoms with Crippen LogP contribution in [0.1, 0.15) is 113 Å². The van der Waals surface area contributed by atoms with Gasteiger partial charge in [-0.05, 0) is 122 Å². The molecule has 0 fully saturated rings. The standard InChI is InChI=1S/C68H64N3O.Pt/c1-42(2)46-24-26-48(27-25-46)51-32-33-69-62(40-51)55-36-53(47-18-13-11-14-19-47)35-54(37-55)57-22-17-23-63-65(57)70-67(61-39-52(43(3)4)38-58(44(5)6)66(61)72)71(63)64-34-45(7)59(49-20-15-12-16-21-49)41-60(64)50-28-30-56(31-29-50)68(8,9)10;/h11-36,38-44,72H,1-10H3;/q-1;/i7D3,42D;. The van der Waals surface area contributed by atoms with Crippen molar-refractivity contribution in [2.45, 2.75) is 92.3 Å². The number of pyridine rings is 1. The number of rotatable bonds is 11. The zero-order valence-corrected chi connectivity index (χ0v) is 45.4. The van der Waals surface area contributed by atoms with E-state index >= 15 is 0 Å². The van der Waals surface area contributed by atoms with Crippen LogP contribution in [0.3, 0.4) is 0 Å². The molecule has 10 aromatic rings. The fraction of sp³-hybridized carbons (Fsp3) is 0.206. The molecule has 0 aliphatic carbocycles. The summed E-state index contributed by atoms with van der Waals surface area (Å²) in [6.45, 7) is 16.3. The smallest absolute Gasteiger partial charge is 0.148 e. The Hall–Kier alpha value is -7.13. The maximum atomic E-state index is 12.6.